The molecule has 0 aromatic heterocycles. The highest BCUT2D eigenvalue weighted by Crippen LogP contribution is 2.21. The fourth-order valence-electron chi connectivity index (χ4n) is 2.62. The van der Waals surface area contributed by atoms with Gasteiger partial charge in [-0.1, -0.05) is 0 Å². The summed E-state index contributed by atoms with van der Waals surface area (Å²) >= 11 is 0. The topological polar surface area (TPSA) is 96.0 Å². The van der Waals surface area contributed by atoms with Gasteiger partial charge in [0.05, 0.1) is 0 Å². The van der Waals surface area contributed by atoms with E-state index in [0.29, 0.717) is 18.5 Å². The van der Waals surface area contributed by atoms with Gasteiger partial charge in [0, 0.05) is 38.3 Å². The van der Waals surface area contributed by atoms with Crippen LogP contribution < -0.4 is 10.2 Å². The number of hydrogen-bond acceptors (Lipinski definition) is 5. The number of carbonyl (C=O) groups excluding carboxylic acids is 4. The molecule has 1 heterocycles. The Hall–Kier alpha value is -2.90. The highest BCUT2D eigenvalue weighted by Gasteiger charge is 2.22. The van der Waals surface area contributed by atoms with E-state index in [1.807, 2.05) is 0 Å². The first-order chi connectivity index (χ1) is 12.3. The second kappa shape index (κ2) is 8.46. The van der Waals surface area contributed by atoms with Crippen molar-refractivity contribution in [2.75, 3.05) is 32.1 Å². The lowest BCUT2D eigenvalue weighted by Crippen LogP contribution is -2.38. The number of anilines is 1. The fourth-order valence-corrected chi connectivity index (χ4v) is 2.62. The lowest BCUT2D eigenvalue weighted by Gasteiger charge is -2.17. The predicted molar refractivity (Wildman–Crippen MR) is 94.6 cm³/mol. The largest absolute Gasteiger partial charge is 0.451 e. The number of ether oxygens (including phenoxy) is 1. The van der Waals surface area contributed by atoms with Gasteiger partial charge in [0.25, 0.3) is 11.8 Å². The van der Waals surface area contributed by atoms with Crippen molar-refractivity contribution < 1.29 is 23.9 Å². The summed E-state index contributed by atoms with van der Waals surface area (Å²) in [5, 5.41) is 2.45. The lowest BCUT2D eigenvalue weighted by molar-refractivity contribution is -0.157. The predicted octanol–water partition coefficient (Wildman–Crippen LogP) is 0.563. The van der Waals surface area contributed by atoms with E-state index in [9.17, 15) is 19.2 Å². The molecule has 1 atom stereocenters. The van der Waals surface area contributed by atoms with Gasteiger partial charge in [-0.3, -0.25) is 19.2 Å². The van der Waals surface area contributed by atoms with E-state index in [4.69, 9.17) is 4.74 Å². The first-order valence-corrected chi connectivity index (χ1v) is 8.39. The molecule has 2 rings (SSSR count). The van der Waals surface area contributed by atoms with Gasteiger partial charge in [0.2, 0.25) is 5.91 Å². The second-order valence-electron chi connectivity index (χ2n) is 6.24. The Morgan fingerprint density at radius 1 is 1.23 bits per heavy atom. The molecular formula is C18H23N3O5. The Balaban J connectivity index is 1.85. The van der Waals surface area contributed by atoms with E-state index in [1.54, 1.807) is 43.3 Å². The number of hydrogen-bond donors (Lipinski definition) is 1. The zero-order valence-electron chi connectivity index (χ0n) is 15.2. The summed E-state index contributed by atoms with van der Waals surface area (Å²) < 4.78 is 4.97. The van der Waals surface area contributed by atoms with Crippen LogP contribution in [0.3, 0.4) is 0 Å². The number of carbonyl (C=O) groups is 4. The summed E-state index contributed by atoms with van der Waals surface area (Å²) in [6.07, 6.45) is 0.462. The Bertz CT molecular complexity index is 699. The minimum Gasteiger partial charge on any atom is -0.451 e. The van der Waals surface area contributed by atoms with Crippen molar-refractivity contribution in [3.05, 3.63) is 29.8 Å². The van der Waals surface area contributed by atoms with Crippen LogP contribution in [-0.2, 0) is 19.1 Å². The van der Waals surface area contributed by atoms with Gasteiger partial charge in [0.1, 0.15) is 6.54 Å². The van der Waals surface area contributed by atoms with Crippen molar-refractivity contribution in [2.45, 2.75) is 25.9 Å². The van der Waals surface area contributed by atoms with Crippen molar-refractivity contribution in [2.24, 2.45) is 0 Å². The first kappa shape index (κ1) is 19.4. The third-order valence-corrected chi connectivity index (χ3v) is 4.00. The smallest absolute Gasteiger partial charge is 0.326 e. The lowest BCUT2D eigenvalue weighted by atomic mass is 10.2. The van der Waals surface area contributed by atoms with Crippen molar-refractivity contribution in [1.82, 2.24) is 10.2 Å². The Kier molecular flexibility index (Phi) is 6.32. The molecule has 0 bridgehead atoms. The average molecular weight is 361 g/mol. The summed E-state index contributed by atoms with van der Waals surface area (Å²) in [6, 6.07) is 6.60. The maximum atomic E-state index is 12.1. The monoisotopic (exact) mass is 361 g/mol. The maximum Gasteiger partial charge on any atom is 0.326 e. The Morgan fingerprint density at radius 2 is 1.88 bits per heavy atom. The van der Waals surface area contributed by atoms with E-state index >= 15 is 0 Å². The summed E-state index contributed by atoms with van der Waals surface area (Å²) in [4.78, 5) is 50.2. The molecule has 1 aliphatic heterocycles. The number of nitrogens with one attached hydrogen (secondary N) is 1. The van der Waals surface area contributed by atoms with E-state index in [-0.39, 0.29) is 18.4 Å². The van der Waals surface area contributed by atoms with Crippen LogP contribution in [0, 0.1) is 0 Å². The highest BCUT2D eigenvalue weighted by atomic mass is 16.5. The normalized spacial score (nSPS) is 14.7. The maximum absolute atomic E-state index is 12.1. The van der Waals surface area contributed by atoms with Crippen molar-refractivity contribution in [3.8, 4) is 0 Å². The van der Waals surface area contributed by atoms with Gasteiger partial charge in [0.15, 0.2) is 6.10 Å². The molecule has 0 radical (unpaired) electrons. The van der Waals surface area contributed by atoms with Crippen LogP contribution >= 0.6 is 0 Å². The van der Waals surface area contributed by atoms with E-state index in [2.05, 4.69) is 5.32 Å². The molecule has 0 aliphatic carbocycles. The minimum atomic E-state index is -0.910. The van der Waals surface area contributed by atoms with Gasteiger partial charge in [-0.05, 0) is 37.6 Å². The Labute approximate surface area is 152 Å². The third-order valence-electron chi connectivity index (χ3n) is 4.00. The van der Waals surface area contributed by atoms with Gasteiger partial charge >= 0.3 is 5.97 Å². The number of amides is 3. The average Bonchev–Trinajstić information content (AvgIpc) is 3.04. The van der Waals surface area contributed by atoms with Crippen LogP contribution in [0.15, 0.2) is 24.3 Å². The van der Waals surface area contributed by atoms with E-state index < -0.39 is 18.0 Å². The van der Waals surface area contributed by atoms with Crippen LogP contribution in [0.25, 0.3) is 0 Å². The summed E-state index contributed by atoms with van der Waals surface area (Å²) in [7, 11) is 3.13. The third kappa shape index (κ3) is 4.81. The van der Waals surface area contributed by atoms with Crippen LogP contribution in [0.1, 0.15) is 30.1 Å². The molecule has 1 N–H and O–H groups in total. The molecule has 0 spiro atoms. The first-order valence-electron chi connectivity index (χ1n) is 8.39. The summed E-state index contributed by atoms with van der Waals surface area (Å²) in [5.41, 5.74) is 1.12. The van der Waals surface area contributed by atoms with Crippen molar-refractivity contribution in [3.63, 3.8) is 0 Å². The number of benzene rings is 1. The van der Waals surface area contributed by atoms with Crippen molar-refractivity contribution >= 4 is 29.4 Å². The molecule has 3 amide bonds. The SMILES string of the molecule is C[C@H](OC(=O)CNC(=O)c1ccc(N2CCCC2=O)cc1)C(=O)N(C)C. The molecule has 0 saturated carbocycles. The molecule has 8 heteroatoms. The molecule has 1 fully saturated rings. The summed E-state index contributed by atoms with van der Waals surface area (Å²) in [6.45, 7) is 1.82. The zero-order chi connectivity index (χ0) is 19.3. The molecule has 1 saturated heterocycles. The van der Waals surface area contributed by atoms with Crippen LogP contribution in [-0.4, -0.2) is 61.9 Å². The number of likely N-dealkylation sites (N-methyl/N-ethyl adjacent to an activating group) is 1. The van der Waals surface area contributed by atoms with E-state index in [1.165, 1.54) is 11.8 Å². The zero-order valence-corrected chi connectivity index (χ0v) is 15.2. The van der Waals surface area contributed by atoms with E-state index in [0.717, 1.165) is 12.1 Å². The van der Waals surface area contributed by atoms with Crippen LogP contribution in [0.2, 0.25) is 0 Å². The van der Waals surface area contributed by atoms with Crippen LogP contribution in [0.4, 0.5) is 5.69 Å². The fraction of sp³-hybridized carbons (Fsp3) is 0.444. The van der Waals surface area contributed by atoms with Gasteiger partial charge in [-0.15, -0.1) is 0 Å². The molecule has 8 nitrogen and oxygen atoms in total. The molecule has 1 aliphatic rings. The summed E-state index contributed by atoms with van der Waals surface area (Å²) in [5.74, 6) is -1.39. The molecular weight excluding hydrogens is 338 g/mol. The van der Waals surface area contributed by atoms with Crippen LogP contribution in [0.5, 0.6) is 0 Å². The van der Waals surface area contributed by atoms with Gasteiger partial charge in [-0.2, -0.15) is 0 Å². The molecule has 1 aromatic carbocycles. The van der Waals surface area contributed by atoms with Gasteiger partial charge < -0.3 is 19.9 Å². The number of nitrogens with zero attached hydrogens (tertiary/aromatic N) is 2. The number of rotatable bonds is 6. The standard InChI is InChI=1S/C18H23N3O5/c1-12(18(25)20(2)3)26-16(23)11-19-17(24)13-6-8-14(9-7-13)21-10-4-5-15(21)22/h6-9,12H,4-5,10-11H2,1-3H3,(H,19,24)/t12-/m0/s1. The van der Waals surface area contributed by atoms with Crippen molar-refractivity contribution in [1.29, 1.82) is 0 Å². The number of esters is 1. The quantitative estimate of drug-likeness (QED) is 0.747. The molecule has 0 unspecified atom stereocenters. The second-order valence-corrected chi connectivity index (χ2v) is 6.24. The molecule has 1 aromatic rings. The highest BCUT2D eigenvalue weighted by molar-refractivity contribution is 5.98. The molecule has 26 heavy (non-hydrogen) atoms. The van der Waals surface area contributed by atoms with Gasteiger partial charge in [-0.25, -0.2) is 0 Å². The molecule has 140 valence electrons. The minimum absolute atomic E-state index is 0.0753. The Morgan fingerprint density at radius 3 is 2.42 bits per heavy atom.